The number of carbonyl (C=O) groups is 2. The molecule has 4 heteroatoms. The fourth-order valence-corrected chi connectivity index (χ4v) is 2.05. The second-order valence-electron chi connectivity index (χ2n) is 4.68. The number of rotatable bonds is 3. The van der Waals surface area contributed by atoms with E-state index in [2.05, 4.69) is 0 Å². The lowest BCUT2D eigenvalue weighted by molar-refractivity contribution is -0.118. The van der Waals surface area contributed by atoms with Crippen LogP contribution in [0.2, 0.25) is 0 Å². The maximum atomic E-state index is 11.8. The van der Waals surface area contributed by atoms with Crippen LogP contribution in [0.25, 0.3) is 0 Å². The SMILES string of the molecule is CC(=O)CC1CCCCN1C(=O)OC(C)C. The average molecular weight is 227 g/mol. The van der Waals surface area contributed by atoms with Crippen LogP contribution in [0.5, 0.6) is 0 Å². The molecule has 0 bridgehead atoms. The maximum absolute atomic E-state index is 11.8. The third kappa shape index (κ3) is 3.83. The first-order chi connectivity index (χ1) is 7.50. The highest BCUT2D eigenvalue weighted by atomic mass is 16.6. The zero-order chi connectivity index (χ0) is 12.1. The van der Waals surface area contributed by atoms with Gasteiger partial charge in [-0.3, -0.25) is 4.79 Å². The third-order valence-corrected chi connectivity index (χ3v) is 2.72. The van der Waals surface area contributed by atoms with E-state index >= 15 is 0 Å². The first kappa shape index (κ1) is 13.0. The number of ketones is 1. The van der Waals surface area contributed by atoms with Crippen molar-refractivity contribution in [2.45, 2.75) is 58.6 Å². The molecule has 0 aromatic rings. The van der Waals surface area contributed by atoms with Gasteiger partial charge in [0.25, 0.3) is 0 Å². The summed E-state index contributed by atoms with van der Waals surface area (Å²) in [7, 11) is 0. The van der Waals surface area contributed by atoms with Gasteiger partial charge in [0.2, 0.25) is 0 Å². The van der Waals surface area contributed by atoms with E-state index in [9.17, 15) is 9.59 Å². The van der Waals surface area contributed by atoms with Crippen molar-refractivity contribution in [3.8, 4) is 0 Å². The monoisotopic (exact) mass is 227 g/mol. The first-order valence-corrected chi connectivity index (χ1v) is 5.97. The van der Waals surface area contributed by atoms with Crippen LogP contribution >= 0.6 is 0 Å². The first-order valence-electron chi connectivity index (χ1n) is 5.97. The van der Waals surface area contributed by atoms with Gasteiger partial charge in [-0.25, -0.2) is 4.79 Å². The molecule has 0 aliphatic carbocycles. The zero-order valence-corrected chi connectivity index (χ0v) is 10.4. The van der Waals surface area contributed by atoms with Gasteiger partial charge in [0.15, 0.2) is 0 Å². The number of piperidine rings is 1. The molecular weight excluding hydrogens is 206 g/mol. The van der Waals surface area contributed by atoms with E-state index < -0.39 is 0 Å². The molecule has 4 nitrogen and oxygen atoms in total. The average Bonchev–Trinajstić information content (AvgIpc) is 2.16. The van der Waals surface area contributed by atoms with Crippen molar-refractivity contribution in [1.29, 1.82) is 0 Å². The van der Waals surface area contributed by atoms with Gasteiger partial charge < -0.3 is 9.64 Å². The van der Waals surface area contributed by atoms with Gasteiger partial charge in [-0.05, 0) is 40.0 Å². The van der Waals surface area contributed by atoms with Crippen LogP contribution in [0, 0.1) is 0 Å². The summed E-state index contributed by atoms with van der Waals surface area (Å²) in [5, 5.41) is 0. The number of hydrogen-bond acceptors (Lipinski definition) is 3. The van der Waals surface area contributed by atoms with E-state index in [-0.39, 0.29) is 24.0 Å². The lowest BCUT2D eigenvalue weighted by atomic mass is 9.98. The van der Waals surface area contributed by atoms with Gasteiger partial charge in [-0.2, -0.15) is 0 Å². The predicted molar refractivity (Wildman–Crippen MR) is 61.3 cm³/mol. The Hall–Kier alpha value is -1.06. The van der Waals surface area contributed by atoms with Gasteiger partial charge in [0.05, 0.1) is 6.10 Å². The highest BCUT2D eigenvalue weighted by molar-refractivity contribution is 5.77. The minimum Gasteiger partial charge on any atom is -0.447 e. The second-order valence-corrected chi connectivity index (χ2v) is 4.68. The molecule has 1 amide bonds. The third-order valence-electron chi connectivity index (χ3n) is 2.72. The molecule has 1 aliphatic heterocycles. The summed E-state index contributed by atoms with van der Waals surface area (Å²) >= 11 is 0. The van der Waals surface area contributed by atoms with Crippen molar-refractivity contribution in [2.24, 2.45) is 0 Å². The number of nitrogens with zero attached hydrogens (tertiary/aromatic N) is 1. The molecule has 0 aromatic heterocycles. The predicted octanol–water partition coefficient (Wildman–Crippen LogP) is 2.37. The van der Waals surface area contributed by atoms with Crippen molar-refractivity contribution >= 4 is 11.9 Å². The van der Waals surface area contributed by atoms with Gasteiger partial charge in [-0.15, -0.1) is 0 Å². The molecule has 0 aromatic carbocycles. The van der Waals surface area contributed by atoms with Crippen LogP contribution in [0.3, 0.4) is 0 Å². The molecule has 16 heavy (non-hydrogen) atoms. The second kappa shape index (κ2) is 5.87. The van der Waals surface area contributed by atoms with E-state index in [0.29, 0.717) is 13.0 Å². The maximum Gasteiger partial charge on any atom is 0.410 e. The summed E-state index contributed by atoms with van der Waals surface area (Å²) in [4.78, 5) is 24.6. The minimum absolute atomic E-state index is 0.0394. The normalized spacial score (nSPS) is 21.0. The summed E-state index contributed by atoms with van der Waals surface area (Å²) in [6, 6.07) is 0.0394. The summed E-state index contributed by atoms with van der Waals surface area (Å²) in [6.07, 6.45) is 3.07. The molecule has 1 aliphatic rings. The summed E-state index contributed by atoms with van der Waals surface area (Å²) < 4.78 is 5.18. The van der Waals surface area contributed by atoms with E-state index in [1.165, 1.54) is 0 Å². The van der Waals surface area contributed by atoms with Crippen LogP contribution in [0.1, 0.15) is 46.5 Å². The number of hydrogen-bond donors (Lipinski definition) is 0. The highest BCUT2D eigenvalue weighted by Crippen LogP contribution is 2.21. The minimum atomic E-state index is -0.277. The number of ether oxygens (including phenoxy) is 1. The Labute approximate surface area is 96.9 Å². The lowest BCUT2D eigenvalue weighted by Gasteiger charge is -2.34. The van der Waals surface area contributed by atoms with Gasteiger partial charge >= 0.3 is 6.09 Å². The van der Waals surface area contributed by atoms with E-state index in [0.717, 1.165) is 19.3 Å². The molecule has 92 valence electrons. The van der Waals surface area contributed by atoms with Crippen molar-refractivity contribution < 1.29 is 14.3 Å². The van der Waals surface area contributed by atoms with Crippen LogP contribution < -0.4 is 0 Å². The van der Waals surface area contributed by atoms with E-state index in [1.54, 1.807) is 11.8 Å². The molecular formula is C12H21NO3. The van der Waals surface area contributed by atoms with Crippen LogP contribution in [0.15, 0.2) is 0 Å². The Kier molecular flexibility index (Phi) is 4.77. The van der Waals surface area contributed by atoms with Crippen molar-refractivity contribution in [1.82, 2.24) is 4.90 Å². The van der Waals surface area contributed by atoms with Crippen molar-refractivity contribution in [3.05, 3.63) is 0 Å². The molecule has 1 atom stereocenters. The Balaban J connectivity index is 2.58. The summed E-state index contributed by atoms with van der Waals surface area (Å²) in [6.45, 7) is 5.95. The topological polar surface area (TPSA) is 46.6 Å². The van der Waals surface area contributed by atoms with Crippen LogP contribution in [0.4, 0.5) is 4.79 Å². The number of Topliss-reactive ketones (excluding diaryl/α,β-unsaturated/α-hetero) is 1. The molecule has 1 saturated heterocycles. The molecule has 0 spiro atoms. The van der Waals surface area contributed by atoms with E-state index in [1.807, 2.05) is 13.8 Å². The largest absolute Gasteiger partial charge is 0.447 e. The Morgan fingerprint density at radius 3 is 2.62 bits per heavy atom. The summed E-state index contributed by atoms with van der Waals surface area (Å²) in [5.41, 5.74) is 0. The smallest absolute Gasteiger partial charge is 0.410 e. The van der Waals surface area contributed by atoms with Crippen LogP contribution in [-0.4, -0.2) is 35.5 Å². The Morgan fingerprint density at radius 1 is 1.38 bits per heavy atom. The number of likely N-dealkylation sites (tertiary alicyclic amines) is 1. The highest BCUT2D eigenvalue weighted by Gasteiger charge is 2.28. The quantitative estimate of drug-likeness (QED) is 0.743. The zero-order valence-electron chi connectivity index (χ0n) is 10.4. The molecule has 0 N–H and O–H groups in total. The fraction of sp³-hybridized carbons (Fsp3) is 0.833. The molecule has 0 radical (unpaired) electrons. The van der Waals surface area contributed by atoms with Gasteiger partial charge in [-0.1, -0.05) is 0 Å². The molecule has 0 saturated carbocycles. The molecule has 1 rings (SSSR count). The van der Waals surface area contributed by atoms with Crippen molar-refractivity contribution in [2.75, 3.05) is 6.54 Å². The van der Waals surface area contributed by atoms with Crippen molar-refractivity contribution in [3.63, 3.8) is 0 Å². The molecule has 1 heterocycles. The molecule has 1 unspecified atom stereocenters. The summed E-state index contributed by atoms with van der Waals surface area (Å²) in [5.74, 6) is 0.134. The number of amides is 1. The van der Waals surface area contributed by atoms with Gasteiger partial charge in [0, 0.05) is 19.0 Å². The van der Waals surface area contributed by atoms with Gasteiger partial charge in [0.1, 0.15) is 5.78 Å². The lowest BCUT2D eigenvalue weighted by Crippen LogP contribution is -2.45. The Morgan fingerprint density at radius 2 is 2.06 bits per heavy atom. The number of carbonyl (C=O) groups excluding carboxylic acids is 2. The van der Waals surface area contributed by atoms with E-state index in [4.69, 9.17) is 4.74 Å². The fourth-order valence-electron chi connectivity index (χ4n) is 2.05. The Bertz CT molecular complexity index is 263. The standard InChI is InChI=1S/C12H21NO3/c1-9(2)16-12(15)13-7-5-4-6-11(13)8-10(3)14/h9,11H,4-8H2,1-3H3. The molecule has 1 fully saturated rings. The van der Waals surface area contributed by atoms with Crippen LogP contribution in [-0.2, 0) is 9.53 Å².